The van der Waals surface area contributed by atoms with Crippen molar-refractivity contribution in [2.24, 2.45) is 0 Å². The van der Waals surface area contributed by atoms with Gasteiger partial charge < -0.3 is 10.1 Å². The highest BCUT2D eigenvalue weighted by molar-refractivity contribution is 7.99. The molecule has 0 saturated heterocycles. The van der Waals surface area contributed by atoms with Crippen LogP contribution < -0.4 is 10.1 Å². The number of nitrogens with one attached hydrogen (secondary N) is 2. The monoisotopic (exact) mass is 420 g/mol. The molecule has 0 unspecified atom stereocenters. The van der Waals surface area contributed by atoms with Crippen LogP contribution in [0.25, 0.3) is 0 Å². The molecule has 8 heteroatoms. The maximum Gasteiger partial charge on any atom is 0.230 e. The summed E-state index contributed by atoms with van der Waals surface area (Å²) in [5.41, 5.74) is 2.42. The zero-order valence-corrected chi connectivity index (χ0v) is 17.5. The third-order valence-electron chi connectivity index (χ3n) is 4.50. The van der Waals surface area contributed by atoms with Crippen molar-refractivity contribution in [3.05, 3.63) is 46.3 Å². The van der Waals surface area contributed by atoms with Crippen LogP contribution in [0.3, 0.4) is 0 Å². The average Bonchev–Trinajstić information content (AvgIpc) is 3.16. The standard InChI is InChI=1S/C20H25ClN4O2S/c1-14-11-16(7-8-17(14)21)27-12-18-23-20(25-24-18)28-13-19(26)22-10-9-15-5-3-2-4-6-15/h5,7-8,11H,2-4,6,9-10,12-13H2,1H3,(H,22,26)(H,23,24,25). The Kier molecular flexibility index (Phi) is 7.80. The van der Waals surface area contributed by atoms with Gasteiger partial charge in [0.1, 0.15) is 12.4 Å². The van der Waals surface area contributed by atoms with Crippen LogP contribution in [0, 0.1) is 6.92 Å². The molecule has 1 aliphatic carbocycles. The van der Waals surface area contributed by atoms with Gasteiger partial charge >= 0.3 is 0 Å². The number of hydrogen-bond donors (Lipinski definition) is 2. The Hall–Kier alpha value is -1.99. The van der Waals surface area contributed by atoms with Gasteiger partial charge in [-0.3, -0.25) is 9.89 Å². The Morgan fingerprint density at radius 1 is 1.39 bits per heavy atom. The maximum atomic E-state index is 12.0. The molecule has 150 valence electrons. The van der Waals surface area contributed by atoms with Gasteiger partial charge in [0.2, 0.25) is 11.1 Å². The van der Waals surface area contributed by atoms with E-state index < -0.39 is 0 Å². The molecule has 0 atom stereocenters. The summed E-state index contributed by atoms with van der Waals surface area (Å²) in [6, 6.07) is 5.49. The predicted molar refractivity (Wildman–Crippen MR) is 112 cm³/mol. The van der Waals surface area contributed by atoms with E-state index in [1.165, 1.54) is 43.0 Å². The van der Waals surface area contributed by atoms with Crippen molar-refractivity contribution in [2.45, 2.75) is 50.8 Å². The fourth-order valence-corrected chi connectivity index (χ4v) is 3.71. The molecule has 0 bridgehead atoms. The van der Waals surface area contributed by atoms with Crippen LogP contribution in [0.2, 0.25) is 5.02 Å². The van der Waals surface area contributed by atoms with Crippen molar-refractivity contribution in [1.82, 2.24) is 20.5 Å². The first-order valence-corrected chi connectivity index (χ1v) is 10.8. The average molecular weight is 421 g/mol. The molecule has 3 rings (SSSR count). The van der Waals surface area contributed by atoms with Gasteiger partial charge in [-0.15, -0.1) is 5.10 Å². The van der Waals surface area contributed by atoms with Gasteiger partial charge in [-0.2, -0.15) is 0 Å². The summed E-state index contributed by atoms with van der Waals surface area (Å²) in [6.45, 7) is 2.89. The molecule has 2 N–H and O–H groups in total. The van der Waals surface area contributed by atoms with Gasteiger partial charge in [0.25, 0.3) is 0 Å². The molecule has 6 nitrogen and oxygen atoms in total. The minimum Gasteiger partial charge on any atom is -0.486 e. The Bertz CT molecular complexity index is 837. The van der Waals surface area contributed by atoms with Gasteiger partial charge in [-0.05, 0) is 62.8 Å². The molecular weight excluding hydrogens is 396 g/mol. The smallest absolute Gasteiger partial charge is 0.230 e. The number of rotatable bonds is 9. The molecule has 0 radical (unpaired) electrons. The number of nitrogens with zero attached hydrogens (tertiary/aromatic N) is 2. The second kappa shape index (κ2) is 10.5. The Balaban J connectivity index is 1.36. The molecule has 0 fully saturated rings. The normalized spacial score (nSPS) is 13.9. The van der Waals surface area contributed by atoms with Crippen LogP contribution in [0.1, 0.15) is 43.5 Å². The van der Waals surface area contributed by atoms with Crippen molar-refractivity contribution in [1.29, 1.82) is 0 Å². The summed E-state index contributed by atoms with van der Waals surface area (Å²) in [5.74, 6) is 1.63. The number of aryl methyl sites for hydroxylation is 1. The number of carbonyl (C=O) groups excluding carboxylic acids is 1. The fourth-order valence-electron chi connectivity index (χ4n) is 2.94. The largest absolute Gasteiger partial charge is 0.486 e. The number of aromatic amines is 1. The van der Waals surface area contributed by atoms with Crippen LogP contribution in [0.5, 0.6) is 5.75 Å². The Labute approximate surface area is 174 Å². The molecule has 0 aliphatic heterocycles. The number of hydrogen-bond acceptors (Lipinski definition) is 5. The first-order chi connectivity index (χ1) is 13.6. The van der Waals surface area contributed by atoms with Crippen molar-refractivity contribution in [2.75, 3.05) is 12.3 Å². The molecule has 2 aromatic rings. The third-order valence-corrected chi connectivity index (χ3v) is 5.77. The van der Waals surface area contributed by atoms with Gasteiger partial charge in [0, 0.05) is 11.6 Å². The number of benzene rings is 1. The maximum absolute atomic E-state index is 12.0. The zero-order chi connectivity index (χ0) is 19.8. The van der Waals surface area contributed by atoms with E-state index in [9.17, 15) is 4.79 Å². The van der Waals surface area contributed by atoms with Crippen molar-refractivity contribution in [3.63, 3.8) is 0 Å². The lowest BCUT2D eigenvalue weighted by molar-refractivity contribution is -0.118. The number of thioether (sulfide) groups is 1. The van der Waals surface area contributed by atoms with Crippen LogP contribution in [-0.4, -0.2) is 33.4 Å². The molecule has 1 aromatic heterocycles. The Morgan fingerprint density at radius 2 is 2.29 bits per heavy atom. The van der Waals surface area contributed by atoms with E-state index in [1.54, 1.807) is 6.07 Å². The van der Waals surface area contributed by atoms with E-state index >= 15 is 0 Å². The highest BCUT2D eigenvalue weighted by atomic mass is 35.5. The van der Waals surface area contributed by atoms with Crippen LogP contribution >= 0.6 is 23.4 Å². The van der Waals surface area contributed by atoms with E-state index in [-0.39, 0.29) is 12.5 Å². The summed E-state index contributed by atoms with van der Waals surface area (Å²) < 4.78 is 5.69. The quantitative estimate of drug-likeness (QED) is 0.463. The predicted octanol–water partition coefficient (Wildman–Crippen LogP) is 4.44. The number of allylic oxidation sites excluding steroid dienone is 1. The van der Waals surface area contributed by atoms with Gasteiger partial charge in [-0.1, -0.05) is 35.0 Å². The van der Waals surface area contributed by atoms with Crippen molar-refractivity contribution < 1.29 is 9.53 Å². The zero-order valence-electron chi connectivity index (χ0n) is 16.0. The van der Waals surface area contributed by atoms with Crippen LogP contribution in [-0.2, 0) is 11.4 Å². The van der Waals surface area contributed by atoms with Crippen molar-refractivity contribution in [3.8, 4) is 5.75 Å². The third kappa shape index (κ3) is 6.56. The van der Waals surface area contributed by atoms with E-state index in [2.05, 4.69) is 26.6 Å². The minimum absolute atomic E-state index is 0.000601. The lowest BCUT2D eigenvalue weighted by Gasteiger charge is -2.12. The lowest BCUT2D eigenvalue weighted by atomic mass is 9.97. The first kappa shape index (κ1) is 20.7. The van der Waals surface area contributed by atoms with Crippen LogP contribution in [0.15, 0.2) is 35.0 Å². The van der Waals surface area contributed by atoms with E-state index in [1.807, 2.05) is 19.1 Å². The van der Waals surface area contributed by atoms with Crippen molar-refractivity contribution >= 4 is 29.3 Å². The van der Waals surface area contributed by atoms with Gasteiger partial charge in [-0.25, -0.2) is 4.98 Å². The first-order valence-electron chi connectivity index (χ1n) is 9.48. The number of amides is 1. The molecule has 1 aromatic carbocycles. The minimum atomic E-state index is 0.000601. The number of H-pyrrole nitrogens is 1. The molecule has 1 amide bonds. The highest BCUT2D eigenvalue weighted by Gasteiger charge is 2.09. The molecular formula is C20H25ClN4O2S. The van der Waals surface area contributed by atoms with E-state index in [4.69, 9.17) is 16.3 Å². The molecule has 1 aliphatic rings. The summed E-state index contributed by atoms with van der Waals surface area (Å²) in [4.78, 5) is 16.3. The summed E-state index contributed by atoms with van der Waals surface area (Å²) in [7, 11) is 0. The number of aromatic nitrogens is 3. The van der Waals surface area contributed by atoms with Gasteiger partial charge in [0.05, 0.1) is 5.75 Å². The summed E-state index contributed by atoms with van der Waals surface area (Å²) >= 11 is 7.32. The summed E-state index contributed by atoms with van der Waals surface area (Å²) in [6.07, 6.45) is 8.16. The fraction of sp³-hybridized carbons (Fsp3) is 0.450. The molecule has 0 saturated carbocycles. The lowest BCUT2D eigenvalue weighted by Crippen LogP contribution is -2.26. The van der Waals surface area contributed by atoms with E-state index in [0.29, 0.717) is 28.3 Å². The topological polar surface area (TPSA) is 79.9 Å². The van der Waals surface area contributed by atoms with E-state index in [0.717, 1.165) is 17.7 Å². The molecule has 1 heterocycles. The number of ether oxygens (including phenoxy) is 1. The van der Waals surface area contributed by atoms with Crippen LogP contribution in [0.4, 0.5) is 0 Å². The highest BCUT2D eigenvalue weighted by Crippen LogP contribution is 2.22. The SMILES string of the molecule is Cc1cc(OCc2nc(SCC(=O)NCCC3=CCCCC3)n[nH]2)ccc1Cl. The molecule has 28 heavy (non-hydrogen) atoms. The molecule has 0 spiro atoms. The second-order valence-electron chi connectivity index (χ2n) is 6.76. The number of carbonyl (C=O) groups is 1. The number of halogens is 1. The summed E-state index contributed by atoms with van der Waals surface area (Å²) in [5, 5.41) is 11.2. The Morgan fingerprint density at radius 3 is 3.07 bits per heavy atom. The van der Waals surface area contributed by atoms with Gasteiger partial charge in [0.15, 0.2) is 5.82 Å². The second-order valence-corrected chi connectivity index (χ2v) is 8.11.